The van der Waals surface area contributed by atoms with Gasteiger partial charge in [-0.15, -0.1) is 0 Å². The minimum Gasteiger partial charge on any atom is -0.465 e. The predicted molar refractivity (Wildman–Crippen MR) is 32.3 cm³/mol. The van der Waals surface area contributed by atoms with E-state index in [1.165, 1.54) is 0 Å². The highest BCUT2D eigenvalue weighted by Gasteiger charge is 2.01. The lowest BCUT2D eigenvalue weighted by molar-refractivity contribution is 0.187. The molecule has 0 radical (unpaired) electrons. The van der Waals surface area contributed by atoms with Gasteiger partial charge in [-0.05, 0) is 13.3 Å². The molecule has 0 saturated carbocycles. The van der Waals surface area contributed by atoms with Gasteiger partial charge in [0.25, 0.3) is 0 Å². The molecule has 4 heteroatoms. The van der Waals surface area contributed by atoms with Crippen molar-refractivity contribution in [3.8, 4) is 0 Å². The smallest absolute Gasteiger partial charge is 0.404 e. The maximum atomic E-state index is 9.89. The minimum atomic E-state index is -1.05. The van der Waals surface area contributed by atoms with Crippen molar-refractivity contribution < 1.29 is 15.0 Å². The Hall–Kier alpha value is -0.770. The van der Waals surface area contributed by atoms with Crippen LogP contribution < -0.4 is 5.32 Å². The average molecular weight is 133 g/mol. The SMILES string of the molecule is C[C@H](CCO)NC(=O)O. The van der Waals surface area contributed by atoms with Crippen molar-refractivity contribution >= 4 is 6.09 Å². The number of aliphatic hydroxyl groups excluding tert-OH is 1. The highest BCUT2D eigenvalue weighted by molar-refractivity contribution is 5.64. The van der Waals surface area contributed by atoms with Gasteiger partial charge in [-0.3, -0.25) is 0 Å². The van der Waals surface area contributed by atoms with Gasteiger partial charge in [-0.25, -0.2) is 4.79 Å². The quantitative estimate of drug-likeness (QED) is 0.508. The van der Waals surface area contributed by atoms with Gasteiger partial charge in [0.1, 0.15) is 0 Å². The number of hydrogen-bond acceptors (Lipinski definition) is 2. The lowest BCUT2D eigenvalue weighted by Gasteiger charge is -2.07. The third-order valence-electron chi connectivity index (χ3n) is 0.932. The van der Waals surface area contributed by atoms with Crippen LogP contribution in [0.1, 0.15) is 13.3 Å². The lowest BCUT2D eigenvalue weighted by atomic mass is 10.2. The summed E-state index contributed by atoms with van der Waals surface area (Å²) in [7, 11) is 0. The van der Waals surface area contributed by atoms with Crippen LogP contribution >= 0.6 is 0 Å². The van der Waals surface area contributed by atoms with Crippen molar-refractivity contribution in [3.63, 3.8) is 0 Å². The van der Waals surface area contributed by atoms with Crippen LogP contribution in [0.15, 0.2) is 0 Å². The molecule has 9 heavy (non-hydrogen) atoms. The Morgan fingerprint density at radius 3 is 2.67 bits per heavy atom. The maximum Gasteiger partial charge on any atom is 0.404 e. The van der Waals surface area contributed by atoms with Crippen LogP contribution in [0.3, 0.4) is 0 Å². The first-order valence-electron chi connectivity index (χ1n) is 2.77. The van der Waals surface area contributed by atoms with Gasteiger partial charge < -0.3 is 15.5 Å². The van der Waals surface area contributed by atoms with E-state index in [2.05, 4.69) is 5.32 Å². The summed E-state index contributed by atoms with van der Waals surface area (Å²) >= 11 is 0. The van der Waals surface area contributed by atoms with E-state index in [9.17, 15) is 4.79 Å². The number of amides is 1. The van der Waals surface area contributed by atoms with Crippen LogP contribution in [0.25, 0.3) is 0 Å². The molecule has 1 atom stereocenters. The van der Waals surface area contributed by atoms with Crippen molar-refractivity contribution in [1.82, 2.24) is 5.32 Å². The fourth-order valence-electron chi connectivity index (χ4n) is 0.477. The molecule has 0 fully saturated rings. The number of rotatable bonds is 3. The fourth-order valence-corrected chi connectivity index (χ4v) is 0.477. The Morgan fingerprint density at radius 2 is 2.33 bits per heavy atom. The van der Waals surface area contributed by atoms with Crippen molar-refractivity contribution in [3.05, 3.63) is 0 Å². The Labute approximate surface area is 53.5 Å². The summed E-state index contributed by atoms with van der Waals surface area (Å²) in [5, 5.41) is 18.6. The first-order valence-corrected chi connectivity index (χ1v) is 2.77. The van der Waals surface area contributed by atoms with Crippen molar-refractivity contribution in [2.45, 2.75) is 19.4 Å². The molecule has 4 nitrogen and oxygen atoms in total. The summed E-state index contributed by atoms with van der Waals surface area (Å²) in [6.45, 7) is 1.71. The zero-order chi connectivity index (χ0) is 7.28. The largest absolute Gasteiger partial charge is 0.465 e. The molecule has 0 aromatic rings. The number of hydrogen-bond donors (Lipinski definition) is 3. The van der Waals surface area contributed by atoms with E-state index >= 15 is 0 Å². The Morgan fingerprint density at radius 1 is 1.78 bits per heavy atom. The van der Waals surface area contributed by atoms with E-state index in [0.29, 0.717) is 6.42 Å². The molecule has 0 bridgehead atoms. The van der Waals surface area contributed by atoms with Gasteiger partial charge in [-0.1, -0.05) is 0 Å². The highest BCUT2D eigenvalue weighted by Crippen LogP contribution is 1.86. The number of aliphatic hydroxyl groups is 1. The molecule has 0 heterocycles. The molecule has 3 N–H and O–H groups in total. The second-order valence-corrected chi connectivity index (χ2v) is 1.86. The van der Waals surface area contributed by atoms with E-state index < -0.39 is 6.09 Å². The van der Waals surface area contributed by atoms with Crippen molar-refractivity contribution in [1.29, 1.82) is 0 Å². The zero-order valence-electron chi connectivity index (χ0n) is 5.29. The monoisotopic (exact) mass is 133 g/mol. The van der Waals surface area contributed by atoms with Crippen LogP contribution in [-0.4, -0.2) is 29.0 Å². The molecule has 0 saturated heterocycles. The van der Waals surface area contributed by atoms with Crippen LogP contribution in [-0.2, 0) is 0 Å². The molecular weight excluding hydrogens is 122 g/mol. The molecule has 0 aliphatic carbocycles. The van der Waals surface area contributed by atoms with Gasteiger partial charge in [-0.2, -0.15) is 0 Å². The average Bonchev–Trinajstić information content (AvgIpc) is 1.63. The van der Waals surface area contributed by atoms with Crippen molar-refractivity contribution in [2.24, 2.45) is 0 Å². The second kappa shape index (κ2) is 4.14. The van der Waals surface area contributed by atoms with Crippen LogP contribution in [0, 0.1) is 0 Å². The molecule has 0 aliphatic rings. The summed E-state index contributed by atoms with van der Waals surface area (Å²) in [4.78, 5) is 9.89. The number of carboxylic acid groups (broad SMARTS) is 1. The van der Waals surface area contributed by atoms with E-state index in [1.807, 2.05) is 0 Å². The minimum absolute atomic E-state index is 0.0153. The summed E-state index contributed by atoms with van der Waals surface area (Å²) in [6, 6.07) is -0.160. The van der Waals surface area contributed by atoms with Gasteiger partial charge in [0.15, 0.2) is 0 Å². The van der Waals surface area contributed by atoms with Crippen molar-refractivity contribution in [2.75, 3.05) is 6.61 Å². The molecule has 0 unspecified atom stereocenters. The van der Waals surface area contributed by atoms with Crippen LogP contribution in [0.5, 0.6) is 0 Å². The Kier molecular flexibility index (Phi) is 3.79. The van der Waals surface area contributed by atoms with Gasteiger partial charge >= 0.3 is 6.09 Å². The third-order valence-corrected chi connectivity index (χ3v) is 0.932. The molecule has 0 aromatic carbocycles. The van der Waals surface area contributed by atoms with E-state index in [-0.39, 0.29) is 12.6 Å². The standard InChI is InChI=1S/C5H11NO3/c1-4(2-3-7)6-5(8)9/h4,6-7H,2-3H2,1H3,(H,8,9)/t4-/m1/s1. The first kappa shape index (κ1) is 8.23. The van der Waals surface area contributed by atoms with Crippen LogP contribution in [0.4, 0.5) is 4.79 Å². The summed E-state index contributed by atoms with van der Waals surface area (Å²) in [5.41, 5.74) is 0. The normalized spacial score (nSPS) is 12.7. The summed E-state index contributed by atoms with van der Waals surface area (Å²) in [5.74, 6) is 0. The first-order chi connectivity index (χ1) is 4.16. The second-order valence-electron chi connectivity index (χ2n) is 1.86. The summed E-state index contributed by atoms with van der Waals surface area (Å²) in [6.07, 6.45) is -0.581. The Balaban J connectivity index is 3.26. The molecule has 0 rings (SSSR count). The maximum absolute atomic E-state index is 9.89. The lowest BCUT2D eigenvalue weighted by Crippen LogP contribution is -2.31. The molecular formula is C5H11NO3. The molecule has 54 valence electrons. The Bertz CT molecular complexity index is 94.2. The summed E-state index contributed by atoms with van der Waals surface area (Å²) < 4.78 is 0. The fraction of sp³-hybridized carbons (Fsp3) is 0.800. The molecule has 1 amide bonds. The molecule has 0 aromatic heterocycles. The molecule has 0 spiro atoms. The van der Waals surface area contributed by atoms with Crippen LogP contribution in [0.2, 0.25) is 0 Å². The van der Waals surface area contributed by atoms with E-state index in [1.54, 1.807) is 6.92 Å². The van der Waals surface area contributed by atoms with E-state index in [4.69, 9.17) is 10.2 Å². The third kappa shape index (κ3) is 5.10. The van der Waals surface area contributed by atoms with Gasteiger partial charge in [0, 0.05) is 12.6 Å². The zero-order valence-corrected chi connectivity index (χ0v) is 5.29. The van der Waals surface area contributed by atoms with Gasteiger partial charge in [0.05, 0.1) is 0 Å². The topological polar surface area (TPSA) is 69.6 Å². The number of carbonyl (C=O) groups is 1. The predicted octanol–water partition coefficient (Wildman–Crippen LogP) is 0.0249. The molecule has 0 aliphatic heterocycles. The van der Waals surface area contributed by atoms with Gasteiger partial charge in [0.2, 0.25) is 0 Å². The highest BCUT2D eigenvalue weighted by atomic mass is 16.4. The van der Waals surface area contributed by atoms with E-state index in [0.717, 1.165) is 0 Å². The number of nitrogens with one attached hydrogen (secondary N) is 1.